The normalized spacial score (nSPS) is 16.2. The molecule has 50 heavy (non-hydrogen) atoms. The van der Waals surface area contributed by atoms with Crippen LogP contribution in [-0.4, -0.2) is 21.2 Å². The predicted octanol–water partition coefficient (Wildman–Crippen LogP) is 10.1. The first-order valence-corrected chi connectivity index (χ1v) is 17.2. The van der Waals surface area contributed by atoms with Crippen LogP contribution in [0.4, 0.5) is 0 Å². The highest BCUT2D eigenvalue weighted by Gasteiger charge is 2.36. The molecule has 1 atom stereocenters. The van der Waals surface area contributed by atoms with Crippen molar-refractivity contribution in [1.29, 1.82) is 0 Å². The molecule has 0 saturated carbocycles. The van der Waals surface area contributed by atoms with Crippen LogP contribution in [0.5, 0.6) is 0 Å². The fraction of sp³-hybridized carbons (Fsp3) is 0.0889. The second kappa shape index (κ2) is 10.8. The maximum Gasteiger partial charge on any atom is 0.170 e. The molecule has 238 valence electrons. The zero-order valence-corrected chi connectivity index (χ0v) is 27.8. The Morgan fingerprint density at radius 1 is 0.560 bits per heavy atom. The number of benzene rings is 6. The van der Waals surface area contributed by atoms with Gasteiger partial charge in [0, 0.05) is 27.3 Å². The highest BCUT2D eigenvalue weighted by Crippen LogP contribution is 2.50. The average Bonchev–Trinajstić information content (AvgIpc) is 3.62. The third-order valence-corrected chi connectivity index (χ3v) is 10.5. The van der Waals surface area contributed by atoms with Crippen molar-refractivity contribution in [1.82, 2.24) is 14.9 Å². The molecule has 6 aromatic carbocycles. The van der Waals surface area contributed by atoms with E-state index in [9.17, 15) is 0 Å². The molecule has 10 rings (SSSR count). The Hall–Kier alpha value is -6.33. The predicted molar refractivity (Wildman–Crippen MR) is 205 cm³/mol. The van der Waals surface area contributed by atoms with E-state index in [1.165, 1.54) is 38.4 Å². The van der Waals surface area contributed by atoms with E-state index < -0.39 is 6.17 Å². The zero-order chi connectivity index (χ0) is 33.4. The number of para-hydroxylation sites is 1. The van der Waals surface area contributed by atoms with Gasteiger partial charge in [-0.15, -0.1) is 0 Å². The zero-order valence-electron chi connectivity index (χ0n) is 27.8. The molecule has 1 N–H and O–H groups in total. The highest BCUT2D eigenvalue weighted by molar-refractivity contribution is 6.16. The van der Waals surface area contributed by atoms with Crippen molar-refractivity contribution in [2.24, 2.45) is 9.98 Å². The summed E-state index contributed by atoms with van der Waals surface area (Å²) in [5, 5.41) is 8.31. The fourth-order valence-corrected chi connectivity index (χ4v) is 8.03. The number of hydrogen-bond donors (Lipinski definition) is 1. The van der Waals surface area contributed by atoms with E-state index in [2.05, 4.69) is 151 Å². The summed E-state index contributed by atoms with van der Waals surface area (Å²) in [6.07, 6.45) is -0.433. The van der Waals surface area contributed by atoms with Gasteiger partial charge in [-0.2, -0.15) is 0 Å². The summed E-state index contributed by atoms with van der Waals surface area (Å²) in [4.78, 5) is 15.7. The van der Waals surface area contributed by atoms with Crippen LogP contribution in [0.2, 0.25) is 0 Å². The Bertz CT molecular complexity index is 2710. The van der Waals surface area contributed by atoms with E-state index in [0.29, 0.717) is 5.84 Å². The van der Waals surface area contributed by atoms with Gasteiger partial charge < -0.3 is 5.32 Å². The lowest BCUT2D eigenvalue weighted by Gasteiger charge is -2.23. The van der Waals surface area contributed by atoms with Crippen LogP contribution in [0.3, 0.4) is 0 Å². The molecule has 1 aliphatic carbocycles. The molecule has 1 unspecified atom stereocenters. The van der Waals surface area contributed by atoms with Crippen LogP contribution >= 0.6 is 0 Å². The number of aliphatic imine (C=N–C) groups is 2. The first kappa shape index (κ1) is 28.7. The van der Waals surface area contributed by atoms with Gasteiger partial charge in [-0.3, -0.25) is 4.57 Å². The molecule has 5 nitrogen and oxygen atoms in total. The second-order valence-electron chi connectivity index (χ2n) is 13.7. The minimum atomic E-state index is -0.433. The van der Waals surface area contributed by atoms with E-state index in [1.54, 1.807) is 0 Å². The lowest BCUT2D eigenvalue weighted by atomic mass is 9.82. The Kier molecular flexibility index (Phi) is 6.21. The van der Waals surface area contributed by atoms with Crippen molar-refractivity contribution in [3.05, 3.63) is 180 Å². The Balaban J connectivity index is 1.15. The van der Waals surface area contributed by atoms with Gasteiger partial charge in [-0.25, -0.2) is 15.0 Å². The standard InChI is InChI=1S/C45H33N5/c1-45(2)36-22-10-8-19-31(36)34-26-35-32-20-9-11-24-39(32)50(40(35)27-37(34)45)41-25-13-23-38(46-41)44-48-42(29-15-4-3-5-16-29)47-43(49-44)33-21-12-17-28-14-6-7-18-30(28)33/h3-27,43H,1-2H3,(H,47,48,49). The average molecular weight is 644 g/mol. The van der Waals surface area contributed by atoms with E-state index in [0.717, 1.165) is 44.9 Å². The van der Waals surface area contributed by atoms with Gasteiger partial charge in [0.15, 0.2) is 12.0 Å². The molecular formula is C45H33N5. The van der Waals surface area contributed by atoms with Gasteiger partial charge in [-0.05, 0) is 63.4 Å². The molecule has 3 heterocycles. The summed E-state index contributed by atoms with van der Waals surface area (Å²) in [5.41, 5.74) is 10.3. The molecule has 8 aromatic rings. The van der Waals surface area contributed by atoms with Crippen LogP contribution in [0, 0.1) is 0 Å². The number of hydrogen-bond acceptors (Lipinski definition) is 4. The van der Waals surface area contributed by atoms with Crippen molar-refractivity contribution >= 4 is 44.2 Å². The number of nitrogens with zero attached hydrogens (tertiary/aromatic N) is 4. The number of nitrogens with one attached hydrogen (secondary N) is 1. The van der Waals surface area contributed by atoms with Gasteiger partial charge in [0.2, 0.25) is 0 Å². The minimum absolute atomic E-state index is 0.110. The first-order chi connectivity index (χ1) is 24.5. The smallest absolute Gasteiger partial charge is 0.170 e. The Labute approximate surface area is 290 Å². The number of pyridine rings is 1. The van der Waals surface area contributed by atoms with Gasteiger partial charge in [0.05, 0.1) is 11.0 Å². The molecule has 0 fully saturated rings. The van der Waals surface area contributed by atoms with Crippen molar-refractivity contribution in [3.8, 4) is 16.9 Å². The number of amidine groups is 2. The fourth-order valence-electron chi connectivity index (χ4n) is 8.03. The maximum absolute atomic E-state index is 5.34. The molecule has 0 saturated heterocycles. The van der Waals surface area contributed by atoms with E-state index in [1.807, 2.05) is 24.3 Å². The molecule has 5 heteroatoms. The minimum Gasteiger partial charge on any atom is -0.323 e. The first-order valence-electron chi connectivity index (χ1n) is 17.2. The molecular weight excluding hydrogens is 611 g/mol. The number of rotatable bonds is 4. The van der Waals surface area contributed by atoms with E-state index >= 15 is 0 Å². The molecule has 2 aromatic heterocycles. The maximum atomic E-state index is 5.34. The monoisotopic (exact) mass is 643 g/mol. The molecule has 0 spiro atoms. The van der Waals surface area contributed by atoms with Gasteiger partial charge >= 0.3 is 0 Å². The van der Waals surface area contributed by atoms with Gasteiger partial charge in [0.1, 0.15) is 17.3 Å². The largest absolute Gasteiger partial charge is 0.323 e. The van der Waals surface area contributed by atoms with Crippen LogP contribution in [0.15, 0.2) is 162 Å². The third kappa shape index (κ3) is 4.30. The van der Waals surface area contributed by atoms with Crippen molar-refractivity contribution in [2.45, 2.75) is 25.4 Å². The molecule has 1 aliphatic heterocycles. The summed E-state index contributed by atoms with van der Waals surface area (Å²) in [6, 6.07) is 53.5. The van der Waals surface area contributed by atoms with Crippen LogP contribution in [0.1, 0.15) is 48.0 Å². The van der Waals surface area contributed by atoms with Gasteiger partial charge in [0.25, 0.3) is 0 Å². The van der Waals surface area contributed by atoms with Crippen molar-refractivity contribution in [2.75, 3.05) is 0 Å². The van der Waals surface area contributed by atoms with E-state index in [-0.39, 0.29) is 5.41 Å². The summed E-state index contributed by atoms with van der Waals surface area (Å²) in [6.45, 7) is 4.67. The summed E-state index contributed by atoms with van der Waals surface area (Å²) < 4.78 is 2.31. The summed E-state index contributed by atoms with van der Waals surface area (Å²) in [7, 11) is 0. The summed E-state index contributed by atoms with van der Waals surface area (Å²) >= 11 is 0. The molecule has 0 amide bonds. The number of aromatic nitrogens is 2. The molecule has 0 radical (unpaired) electrons. The van der Waals surface area contributed by atoms with Gasteiger partial charge in [-0.1, -0.05) is 135 Å². The van der Waals surface area contributed by atoms with Crippen LogP contribution in [-0.2, 0) is 5.41 Å². The van der Waals surface area contributed by atoms with Crippen LogP contribution in [0.25, 0.3) is 49.5 Å². The van der Waals surface area contributed by atoms with Crippen LogP contribution < -0.4 is 5.32 Å². The number of fused-ring (bicyclic) bond motifs is 7. The van der Waals surface area contributed by atoms with Crippen molar-refractivity contribution < 1.29 is 0 Å². The van der Waals surface area contributed by atoms with E-state index in [4.69, 9.17) is 15.0 Å². The highest BCUT2D eigenvalue weighted by atomic mass is 15.2. The van der Waals surface area contributed by atoms with Crippen molar-refractivity contribution in [3.63, 3.8) is 0 Å². The molecule has 2 aliphatic rings. The Morgan fingerprint density at radius 3 is 2.18 bits per heavy atom. The Morgan fingerprint density at radius 2 is 1.28 bits per heavy atom. The lowest BCUT2D eigenvalue weighted by Crippen LogP contribution is -2.36. The second-order valence-corrected chi connectivity index (χ2v) is 13.7. The lowest BCUT2D eigenvalue weighted by molar-refractivity contribution is 0.661. The third-order valence-electron chi connectivity index (χ3n) is 10.5. The quantitative estimate of drug-likeness (QED) is 0.208. The summed E-state index contributed by atoms with van der Waals surface area (Å²) in [5.74, 6) is 2.31. The molecule has 0 bridgehead atoms. The topological polar surface area (TPSA) is 54.6 Å². The SMILES string of the molecule is CC1(C)c2ccccc2-c2cc3c4ccccc4n(-c4cccc(C5=NC(c6cccc7ccccc67)N=C(c6ccccc6)N5)n4)c3cc21.